The van der Waals surface area contributed by atoms with Gasteiger partial charge in [0, 0.05) is 5.56 Å². The minimum atomic E-state index is -1.13. The minimum absolute atomic E-state index is 0.259. The van der Waals surface area contributed by atoms with Gasteiger partial charge in [-0.2, -0.15) is 0 Å². The zero-order valence-corrected chi connectivity index (χ0v) is 10.8. The summed E-state index contributed by atoms with van der Waals surface area (Å²) in [5, 5.41) is 13.3. The molecule has 0 aliphatic rings. The molecule has 0 fully saturated rings. The lowest BCUT2D eigenvalue weighted by molar-refractivity contribution is -0.141. The van der Waals surface area contributed by atoms with Crippen molar-refractivity contribution in [2.75, 3.05) is 6.54 Å². The maximum absolute atomic E-state index is 11.8. The van der Waals surface area contributed by atoms with Crippen LogP contribution in [-0.2, 0) is 9.59 Å². The van der Waals surface area contributed by atoms with Gasteiger partial charge in [0.2, 0.25) is 5.91 Å². The van der Waals surface area contributed by atoms with Crippen LogP contribution in [0.1, 0.15) is 22.8 Å². The molecule has 0 radical (unpaired) electrons. The molecule has 1 aromatic rings. The number of carboxylic acids is 1. The normalized spacial score (nSPS) is 11.5. The molecule has 1 aromatic carbocycles. The third kappa shape index (κ3) is 4.42. The van der Waals surface area contributed by atoms with Crippen LogP contribution < -0.4 is 10.6 Å². The maximum atomic E-state index is 11.8. The highest BCUT2D eigenvalue weighted by Crippen LogP contribution is 2.05. The molecule has 0 bridgehead atoms. The average molecular weight is 264 g/mol. The van der Waals surface area contributed by atoms with E-state index in [1.807, 2.05) is 6.07 Å². The van der Waals surface area contributed by atoms with Gasteiger partial charge < -0.3 is 15.7 Å². The Kier molecular flexibility index (Phi) is 5.05. The first-order valence-corrected chi connectivity index (χ1v) is 5.78. The molecule has 3 N–H and O–H groups in total. The smallest absolute Gasteiger partial charge is 0.325 e. The molecule has 0 heterocycles. The van der Waals surface area contributed by atoms with E-state index in [2.05, 4.69) is 10.6 Å². The Morgan fingerprint density at radius 2 is 1.89 bits per heavy atom. The van der Waals surface area contributed by atoms with Gasteiger partial charge >= 0.3 is 5.97 Å². The molecule has 0 aromatic heterocycles. The molecule has 0 saturated heterocycles. The largest absolute Gasteiger partial charge is 0.480 e. The van der Waals surface area contributed by atoms with Crippen molar-refractivity contribution in [3.05, 3.63) is 35.4 Å². The predicted octanol–water partition coefficient (Wildman–Crippen LogP) is 0.314. The summed E-state index contributed by atoms with van der Waals surface area (Å²) in [4.78, 5) is 33.7. The number of carbonyl (C=O) groups is 3. The number of carbonyl (C=O) groups excluding carboxylic acids is 2. The standard InChI is InChI=1S/C13H16N2O4/c1-8-5-3-4-6-10(8)12(17)14-7-11(16)15-9(2)13(18)19/h3-6,9H,7H2,1-2H3,(H,14,17)(H,15,16)(H,18,19)/t9-/m0/s1. The highest BCUT2D eigenvalue weighted by atomic mass is 16.4. The van der Waals surface area contributed by atoms with Crippen LogP contribution in [-0.4, -0.2) is 35.5 Å². The molecule has 1 atom stereocenters. The Bertz CT molecular complexity index is 499. The fraction of sp³-hybridized carbons (Fsp3) is 0.308. The highest BCUT2D eigenvalue weighted by Gasteiger charge is 2.15. The van der Waals surface area contributed by atoms with Crippen LogP contribution in [0.4, 0.5) is 0 Å². The molecular weight excluding hydrogens is 248 g/mol. The van der Waals surface area contributed by atoms with E-state index in [1.165, 1.54) is 6.92 Å². The average Bonchev–Trinajstić information content (AvgIpc) is 2.36. The Balaban J connectivity index is 2.49. The van der Waals surface area contributed by atoms with Gasteiger partial charge in [-0.05, 0) is 25.5 Å². The van der Waals surface area contributed by atoms with Gasteiger partial charge in [0.25, 0.3) is 5.91 Å². The summed E-state index contributed by atoms with van der Waals surface area (Å²) in [7, 11) is 0. The van der Waals surface area contributed by atoms with Crippen molar-refractivity contribution in [3.63, 3.8) is 0 Å². The summed E-state index contributed by atoms with van der Waals surface area (Å²) >= 11 is 0. The minimum Gasteiger partial charge on any atom is -0.480 e. The van der Waals surface area contributed by atoms with Crippen LogP contribution in [0.25, 0.3) is 0 Å². The van der Waals surface area contributed by atoms with Gasteiger partial charge in [0.1, 0.15) is 6.04 Å². The molecule has 2 amide bonds. The Morgan fingerprint density at radius 1 is 1.26 bits per heavy atom. The lowest BCUT2D eigenvalue weighted by Crippen LogP contribution is -2.44. The molecule has 0 aliphatic carbocycles. The molecule has 6 heteroatoms. The van der Waals surface area contributed by atoms with Gasteiger partial charge in [0.15, 0.2) is 0 Å². The quantitative estimate of drug-likeness (QED) is 0.713. The van der Waals surface area contributed by atoms with Crippen LogP contribution in [0.5, 0.6) is 0 Å². The Labute approximate surface area is 110 Å². The lowest BCUT2D eigenvalue weighted by Gasteiger charge is -2.10. The summed E-state index contributed by atoms with van der Waals surface area (Å²) in [6.07, 6.45) is 0. The van der Waals surface area contributed by atoms with Crippen LogP contribution in [0.15, 0.2) is 24.3 Å². The summed E-state index contributed by atoms with van der Waals surface area (Å²) < 4.78 is 0. The maximum Gasteiger partial charge on any atom is 0.325 e. The third-order valence-corrected chi connectivity index (χ3v) is 2.55. The van der Waals surface area contributed by atoms with Crippen LogP contribution in [0.3, 0.4) is 0 Å². The van der Waals surface area contributed by atoms with Gasteiger partial charge in [-0.15, -0.1) is 0 Å². The number of hydrogen-bond donors (Lipinski definition) is 3. The SMILES string of the molecule is Cc1ccccc1C(=O)NCC(=O)N[C@@H](C)C(=O)O. The number of nitrogens with one attached hydrogen (secondary N) is 2. The summed E-state index contributed by atoms with van der Waals surface area (Å²) in [5.41, 5.74) is 1.29. The van der Waals surface area contributed by atoms with Crippen molar-refractivity contribution in [1.82, 2.24) is 10.6 Å². The van der Waals surface area contributed by atoms with Crippen molar-refractivity contribution < 1.29 is 19.5 Å². The van der Waals surface area contributed by atoms with Gasteiger partial charge in [-0.1, -0.05) is 18.2 Å². The number of benzene rings is 1. The first-order valence-electron chi connectivity index (χ1n) is 5.78. The topological polar surface area (TPSA) is 95.5 Å². The van der Waals surface area contributed by atoms with E-state index >= 15 is 0 Å². The van der Waals surface area contributed by atoms with Gasteiger partial charge in [-0.3, -0.25) is 14.4 Å². The van der Waals surface area contributed by atoms with Gasteiger partial charge in [-0.25, -0.2) is 0 Å². The molecule has 0 aliphatic heterocycles. The van der Waals surface area contributed by atoms with Crippen molar-refractivity contribution in [2.45, 2.75) is 19.9 Å². The fourth-order valence-corrected chi connectivity index (χ4v) is 1.44. The number of amides is 2. The second kappa shape index (κ2) is 6.53. The predicted molar refractivity (Wildman–Crippen MR) is 68.8 cm³/mol. The van der Waals surface area contributed by atoms with Crippen LogP contribution >= 0.6 is 0 Å². The van der Waals surface area contributed by atoms with Crippen molar-refractivity contribution in [2.24, 2.45) is 0 Å². The molecule has 102 valence electrons. The number of aryl methyl sites for hydroxylation is 1. The van der Waals surface area contributed by atoms with Crippen LogP contribution in [0, 0.1) is 6.92 Å². The first-order chi connectivity index (χ1) is 8.91. The van der Waals surface area contributed by atoms with Crippen molar-refractivity contribution in [1.29, 1.82) is 0 Å². The summed E-state index contributed by atoms with van der Waals surface area (Å²) in [6.45, 7) is 2.88. The molecule has 6 nitrogen and oxygen atoms in total. The molecule has 0 saturated carbocycles. The van der Waals surface area contributed by atoms with E-state index in [9.17, 15) is 14.4 Å². The number of rotatable bonds is 5. The van der Waals surface area contributed by atoms with E-state index in [0.717, 1.165) is 5.56 Å². The molecule has 19 heavy (non-hydrogen) atoms. The molecule has 1 rings (SSSR count). The van der Waals surface area contributed by atoms with E-state index < -0.39 is 17.9 Å². The second-order valence-corrected chi connectivity index (χ2v) is 4.13. The Hall–Kier alpha value is -2.37. The first kappa shape index (κ1) is 14.7. The van der Waals surface area contributed by atoms with E-state index in [4.69, 9.17) is 5.11 Å². The summed E-state index contributed by atoms with van der Waals surface area (Å²) in [5.74, 6) is -2.04. The summed E-state index contributed by atoms with van der Waals surface area (Å²) in [6, 6.07) is 6.01. The van der Waals surface area contributed by atoms with E-state index in [1.54, 1.807) is 25.1 Å². The number of carboxylic acid groups (broad SMARTS) is 1. The highest BCUT2D eigenvalue weighted by molar-refractivity contribution is 5.97. The molecule has 0 unspecified atom stereocenters. The van der Waals surface area contributed by atoms with E-state index in [-0.39, 0.29) is 12.5 Å². The van der Waals surface area contributed by atoms with Crippen molar-refractivity contribution >= 4 is 17.8 Å². The number of aliphatic carboxylic acids is 1. The van der Waals surface area contributed by atoms with E-state index in [0.29, 0.717) is 5.56 Å². The Morgan fingerprint density at radius 3 is 2.47 bits per heavy atom. The van der Waals surface area contributed by atoms with Crippen molar-refractivity contribution in [3.8, 4) is 0 Å². The molecular formula is C13H16N2O4. The zero-order valence-electron chi connectivity index (χ0n) is 10.8. The number of hydrogen-bond acceptors (Lipinski definition) is 3. The molecule has 0 spiro atoms. The zero-order chi connectivity index (χ0) is 14.4. The fourth-order valence-electron chi connectivity index (χ4n) is 1.44. The van der Waals surface area contributed by atoms with Gasteiger partial charge in [0.05, 0.1) is 6.54 Å². The lowest BCUT2D eigenvalue weighted by atomic mass is 10.1. The third-order valence-electron chi connectivity index (χ3n) is 2.55. The van der Waals surface area contributed by atoms with Crippen LogP contribution in [0.2, 0.25) is 0 Å². The monoisotopic (exact) mass is 264 g/mol. The second-order valence-electron chi connectivity index (χ2n) is 4.13.